The molecule has 0 heterocycles. The molecule has 0 atom stereocenters. The maximum absolute atomic E-state index is 10.4. The van der Waals surface area contributed by atoms with Crippen LogP contribution in [0.15, 0.2) is 0 Å². The summed E-state index contributed by atoms with van der Waals surface area (Å²) in [5.74, 6) is -0.0191. The van der Waals surface area contributed by atoms with Crippen LogP contribution in [-0.2, 0) is 9.59 Å². The van der Waals surface area contributed by atoms with E-state index in [0.29, 0.717) is 6.42 Å². The van der Waals surface area contributed by atoms with Crippen LogP contribution >= 0.6 is 0 Å². The third-order valence-electron chi connectivity index (χ3n) is 0.840. The summed E-state index contributed by atoms with van der Waals surface area (Å²) in [5.41, 5.74) is 0. The molecule has 2 nitrogen and oxygen atoms in total. The van der Waals surface area contributed by atoms with Gasteiger partial charge >= 0.3 is 0 Å². The number of carbonyl (C=O) groups excluding carboxylic acids is 2. The van der Waals surface area contributed by atoms with E-state index in [1.54, 1.807) is 6.92 Å². The average molecular weight is 130 g/mol. The largest absolute Gasteiger partial charge is 0.300 e. The van der Waals surface area contributed by atoms with Gasteiger partial charge in [-0.15, -0.1) is 0 Å². The van der Waals surface area contributed by atoms with E-state index in [1.807, 2.05) is 0 Å². The Kier molecular flexibility index (Phi) is 6.80. The minimum Gasteiger partial charge on any atom is -0.300 e. The van der Waals surface area contributed by atoms with E-state index in [1.165, 1.54) is 6.92 Å². The molecule has 0 saturated carbocycles. The Labute approximate surface area is 56.3 Å². The van der Waals surface area contributed by atoms with Crippen LogP contribution in [0.4, 0.5) is 0 Å². The number of rotatable bonds is 3. The van der Waals surface area contributed by atoms with Gasteiger partial charge in [-0.3, -0.25) is 9.59 Å². The number of carbonyl (C=O) groups is 2. The standard InChI is InChI=1S/C6H10O2.CH4/c1-3-6(8)4-5(2)7;/h3-4H2,1-2H3;1H4. The molecule has 2 heteroatoms. The van der Waals surface area contributed by atoms with E-state index in [4.69, 9.17) is 0 Å². The molecule has 0 bridgehead atoms. The lowest BCUT2D eigenvalue weighted by atomic mass is 10.2. The van der Waals surface area contributed by atoms with Gasteiger partial charge in [0.2, 0.25) is 0 Å². The predicted molar refractivity (Wildman–Crippen MR) is 37.3 cm³/mol. The van der Waals surface area contributed by atoms with Crippen LogP contribution in [0.25, 0.3) is 0 Å². The van der Waals surface area contributed by atoms with Gasteiger partial charge in [0.15, 0.2) is 0 Å². The molecular weight excluding hydrogens is 116 g/mol. The number of Topliss-reactive ketones (excluding diaryl/α,β-unsaturated/α-hetero) is 2. The molecule has 0 amide bonds. The van der Waals surface area contributed by atoms with Crippen molar-refractivity contribution in [3.63, 3.8) is 0 Å². The zero-order chi connectivity index (χ0) is 6.57. The third kappa shape index (κ3) is 7.34. The fraction of sp³-hybridized carbons (Fsp3) is 0.714. The Bertz CT molecular complexity index is 105. The Morgan fingerprint density at radius 1 is 1.33 bits per heavy atom. The first-order chi connectivity index (χ1) is 3.66. The van der Waals surface area contributed by atoms with E-state index in [9.17, 15) is 9.59 Å². The first-order valence-corrected chi connectivity index (χ1v) is 2.68. The molecular formula is C7H14O2. The van der Waals surface area contributed by atoms with Crippen LogP contribution in [0.3, 0.4) is 0 Å². The van der Waals surface area contributed by atoms with Crippen molar-refractivity contribution >= 4 is 11.6 Å². The van der Waals surface area contributed by atoms with Gasteiger partial charge < -0.3 is 0 Å². The molecule has 0 radical (unpaired) electrons. The van der Waals surface area contributed by atoms with Crippen LogP contribution in [0, 0.1) is 0 Å². The van der Waals surface area contributed by atoms with Gasteiger partial charge in [-0.1, -0.05) is 14.4 Å². The normalized spacial score (nSPS) is 7.78. The molecule has 9 heavy (non-hydrogen) atoms. The minimum absolute atomic E-state index is 0. The van der Waals surface area contributed by atoms with Crippen molar-refractivity contribution in [3.05, 3.63) is 0 Å². The second-order valence-corrected chi connectivity index (χ2v) is 1.77. The van der Waals surface area contributed by atoms with Crippen molar-refractivity contribution in [2.75, 3.05) is 0 Å². The van der Waals surface area contributed by atoms with Gasteiger partial charge in [0.05, 0.1) is 6.42 Å². The fourth-order valence-electron chi connectivity index (χ4n) is 0.403. The number of hydrogen-bond donors (Lipinski definition) is 0. The molecule has 0 rings (SSSR count). The Balaban J connectivity index is 0. The molecule has 0 fully saturated rings. The average Bonchev–Trinajstić information content (AvgIpc) is 1.65. The van der Waals surface area contributed by atoms with E-state index in [2.05, 4.69) is 0 Å². The van der Waals surface area contributed by atoms with Crippen molar-refractivity contribution in [3.8, 4) is 0 Å². The van der Waals surface area contributed by atoms with Crippen LogP contribution in [0.5, 0.6) is 0 Å². The summed E-state index contributed by atoms with van der Waals surface area (Å²) in [6.45, 7) is 3.18. The summed E-state index contributed by atoms with van der Waals surface area (Å²) in [4.78, 5) is 20.6. The van der Waals surface area contributed by atoms with E-state index < -0.39 is 0 Å². The highest BCUT2D eigenvalue weighted by Crippen LogP contribution is 1.87. The lowest BCUT2D eigenvalue weighted by Gasteiger charge is -1.87. The van der Waals surface area contributed by atoms with E-state index >= 15 is 0 Å². The highest BCUT2D eigenvalue weighted by Gasteiger charge is 1.99. The zero-order valence-electron chi connectivity index (χ0n) is 5.23. The smallest absolute Gasteiger partial charge is 0.139 e. The molecule has 0 spiro atoms. The summed E-state index contributed by atoms with van der Waals surface area (Å²) in [6, 6.07) is 0. The van der Waals surface area contributed by atoms with Crippen molar-refractivity contribution in [2.45, 2.75) is 34.1 Å². The monoisotopic (exact) mass is 130 g/mol. The Hall–Kier alpha value is -0.660. The number of hydrogen-bond acceptors (Lipinski definition) is 2. The highest BCUT2D eigenvalue weighted by molar-refractivity contribution is 5.97. The summed E-state index contributed by atoms with van der Waals surface area (Å²) < 4.78 is 0. The lowest BCUT2D eigenvalue weighted by molar-refractivity contribution is -0.125. The summed E-state index contributed by atoms with van der Waals surface area (Å²) >= 11 is 0. The maximum atomic E-state index is 10.4. The molecule has 0 aromatic carbocycles. The van der Waals surface area contributed by atoms with Gasteiger partial charge in [0.25, 0.3) is 0 Å². The predicted octanol–water partition coefficient (Wildman–Crippen LogP) is 1.58. The van der Waals surface area contributed by atoms with Crippen LogP contribution in [-0.4, -0.2) is 11.6 Å². The summed E-state index contributed by atoms with van der Waals surface area (Å²) in [7, 11) is 0. The highest BCUT2D eigenvalue weighted by atomic mass is 16.1. The van der Waals surface area contributed by atoms with Crippen molar-refractivity contribution in [1.29, 1.82) is 0 Å². The van der Waals surface area contributed by atoms with Gasteiger partial charge in [0.1, 0.15) is 11.6 Å². The van der Waals surface area contributed by atoms with Crippen LogP contribution in [0.2, 0.25) is 0 Å². The first kappa shape index (κ1) is 11.2. The van der Waals surface area contributed by atoms with Gasteiger partial charge in [-0.25, -0.2) is 0 Å². The maximum Gasteiger partial charge on any atom is 0.139 e. The van der Waals surface area contributed by atoms with Gasteiger partial charge in [-0.05, 0) is 6.92 Å². The first-order valence-electron chi connectivity index (χ1n) is 2.68. The minimum atomic E-state index is -0.0446. The quantitative estimate of drug-likeness (QED) is 0.543. The molecule has 0 aliphatic carbocycles. The molecule has 54 valence electrons. The SMILES string of the molecule is C.CCC(=O)CC(C)=O. The third-order valence-corrected chi connectivity index (χ3v) is 0.840. The fourth-order valence-corrected chi connectivity index (χ4v) is 0.403. The zero-order valence-corrected chi connectivity index (χ0v) is 5.23. The van der Waals surface area contributed by atoms with Crippen LogP contribution in [0.1, 0.15) is 34.1 Å². The number of ketones is 2. The van der Waals surface area contributed by atoms with Gasteiger partial charge in [0, 0.05) is 6.42 Å². The van der Waals surface area contributed by atoms with E-state index in [-0.39, 0.29) is 25.4 Å². The van der Waals surface area contributed by atoms with Gasteiger partial charge in [-0.2, -0.15) is 0 Å². The molecule has 0 aromatic heterocycles. The van der Waals surface area contributed by atoms with Crippen molar-refractivity contribution in [1.82, 2.24) is 0 Å². The van der Waals surface area contributed by atoms with Crippen LogP contribution < -0.4 is 0 Å². The summed E-state index contributed by atoms with van der Waals surface area (Å²) in [5, 5.41) is 0. The molecule has 0 aromatic rings. The summed E-state index contributed by atoms with van der Waals surface area (Å²) in [6.07, 6.45) is 0.579. The molecule has 0 aliphatic rings. The second kappa shape index (κ2) is 5.48. The molecule has 0 N–H and O–H groups in total. The van der Waals surface area contributed by atoms with E-state index in [0.717, 1.165) is 0 Å². The van der Waals surface area contributed by atoms with Crippen molar-refractivity contribution in [2.24, 2.45) is 0 Å². The Morgan fingerprint density at radius 2 is 1.78 bits per heavy atom. The topological polar surface area (TPSA) is 34.1 Å². The van der Waals surface area contributed by atoms with Crippen molar-refractivity contribution < 1.29 is 9.59 Å². The molecule has 0 saturated heterocycles. The Morgan fingerprint density at radius 3 is 1.89 bits per heavy atom. The molecule has 0 unspecified atom stereocenters. The lowest BCUT2D eigenvalue weighted by Crippen LogP contribution is -2.01. The second-order valence-electron chi connectivity index (χ2n) is 1.77. The molecule has 0 aliphatic heterocycles.